The zero-order valence-electron chi connectivity index (χ0n) is 27.7. The van der Waals surface area contributed by atoms with Crippen LogP contribution in [-0.2, 0) is 14.3 Å². The summed E-state index contributed by atoms with van der Waals surface area (Å²) < 4.78 is 11.3. The van der Waals surface area contributed by atoms with Gasteiger partial charge in [-0.3, -0.25) is 4.79 Å². The first-order chi connectivity index (χ1) is 21.7. The van der Waals surface area contributed by atoms with Crippen LogP contribution in [0.1, 0.15) is 129 Å². The largest absolute Gasteiger partial charge is 0.394 e. The second kappa shape index (κ2) is 18.5. The Morgan fingerprint density at radius 1 is 0.867 bits per heavy atom. The summed E-state index contributed by atoms with van der Waals surface area (Å²) >= 11 is 0. The van der Waals surface area contributed by atoms with Gasteiger partial charge in [0, 0.05) is 6.42 Å². The van der Waals surface area contributed by atoms with Crippen LogP contribution in [0.3, 0.4) is 0 Å². The highest BCUT2D eigenvalue weighted by molar-refractivity contribution is 5.77. The molecule has 7 atom stereocenters. The lowest BCUT2D eigenvalue weighted by Gasteiger charge is -2.56. The van der Waals surface area contributed by atoms with Gasteiger partial charge in [0.2, 0.25) is 5.91 Å². The molecular weight excluding hydrogens is 574 g/mol. The number of hydrogen-bond donors (Lipinski definition) is 6. The molecule has 4 aliphatic carbocycles. The third-order valence-electron chi connectivity index (χ3n) is 11.1. The summed E-state index contributed by atoms with van der Waals surface area (Å²) in [5, 5.41) is 54.4. The van der Waals surface area contributed by atoms with Crippen LogP contribution >= 0.6 is 0 Å². The topological polar surface area (TPSA) is 149 Å². The fraction of sp³-hybridized carbons (Fsp3) is 0.917. The Balaban J connectivity index is 1.24. The van der Waals surface area contributed by atoms with Crippen molar-refractivity contribution in [1.29, 1.82) is 0 Å². The Hall–Kier alpha value is -1.07. The normalized spacial score (nSPS) is 35.6. The van der Waals surface area contributed by atoms with E-state index < -0.39 is 49.5 Å². The highest BCUT2D eigenvalue weighted by Gasteiger charge is 2.51. The molecule has 0 aromatic carbocycles. The van der Waals surface area contributed by atoms with E-state index in [9.17, 15) is 30.3 Å². The first-order valence-corrected chi connectivity index (χ1v) is 18.3. The Kier molecular flexibility index (Phi) is 15.1. The highest BCUT2D eigenvalue weighted by atomic mass is 16.7. The molecule has 6 N–H and O–H groups in total. The van der Waals surface area contributed by atoms with E-state index >= 15 is 0 Å². The predicted octanol–water partition coefficient (Wildman–Crippen LogP) is 4.51. The van der Waals surface area contributed by atoms with Gasteiger partial charge in [-0.05, 0) is 74.5 Å². The summed E-state index contributed by atoms with van der Waals surface area (Å²) in [4.78, 5) is 13.5. The van der Waals surface area contributed by atoms with Crippen molar-refractivity contribution >= 4 is 5.91 Å². The van der Waals surface area contributed by atoms with Crippen molar-refractivity contribution in [1.82, 2.24) is 5.32 Å². The van der Waals surface area contributed by atoms with Crippen LogP contribution in [0.15, 0.2) is 12.2 Å². The lowest BCUT2D eigenvalue weighted by atomic mass is 9.49. The number of allylic oxidation sites excluding steroid dienone is 1. The average Bonchev–Trinajstić information content (AvgIpc) is 3.00. The zero-order chi connectivity index (χ0) is 32.2. The molecule has 0 radical (unpaired) electrons. The summed E-state index contributed by atoms with van der Waals surface area (Å²) in [5.74, 6) is 2.10. The maximum atomic E-state index is 13.5. The van der Waals surface area contributed by atoms with Gasteiger partial charge in [-0.1, -0.05) is 83.3 Å². The molecule has 9 heteroatoms. The fourth-order valence-electron chi connectivity index (χ4n) is 9.03. The molecule has 1 aliphatic heterocycles. The van der Waals surface area contributed by atoms with Gasteiger partial charge < -0.3 is 40.3 Å². The van der Waals surface area contributed by atoms with Crippen LogP contribution < -0.4 is 5.32 Å². The van der Waals surface area contributed by atoms with Crippen LogP contribution in [-0.4, -0.2) is 87.5 Å². The average molecular weight is 638 g/mol. The number of ether oxygens (including phenoxy) is 2. The highest BCUT2D eigenvalue weighted by Crippen LogP contribution is 2.61. The van der Waals surface area contributed by atoms with Gasteiger partial charge >= 0.3 is 0 Å². The van der Waals surface area contributed by atoms with Crippen molar-refractivity contribution in [3.63, 3.8) is 0 Å². The molecular formula is C36H63NO8. The summed E-state index contributed by atoms with van der Waals surface area (Å²) in [6.45, 7) is 1.53. The minimum atomic E-state index is -1.55. The summed E-state index contributed by atoms with van der Waals surface area (Å²) in [6, 6.07) is -0.785. The lowest BCUT2D eigenvalue weighted by Crippen LogP contribution is -2.60. The molecule has 1 saturated heterocycles. The van der Waals surface area contributed by atoms with Crippen molar-refractivity contribution < 1.29 is 39.8 Å². The summed E-state index contributed by atoms with van der Waals surface area (Å²) in [6.07, 6.45) is 18.2. The Labute approximate surface area is 271 Å². The number of amides is 1. The number of aliphatic hydroxyl groups is 5. The van der Waals surface area contributed by atoms with E-state index in [0.29, 0.717) is 6.42 Å². The molecule has 0 aromatic heterocycles. The molecule has 1 amide bonds. The maximum Gasteiger partial charge on any atom is 0.220 e. The molecule has 0 unspecified atom stereocenters. The van der Waals surface area contributed by atoms with Gasteiger partial charge in [-0.2, -0.15) is 0 Å². The molecule has 9 nitrogen and oxygen atoms in total. The standard InChI is InChI=1S/C36H63NO8/c1-2-3-4-5-6-7-8-9-10-11-12-13-14-15-29(39)28(24-44-35-34(43)33(42)32(41)30(23-38)45-35)37-31(40)22-36-19-25-16-26(20-36)18-27(17-25)21-36/h14-15,25-30,32-35,38-39,41-43H,2-13,16-24H2,1H3,(H,37,40)/t25?,26?,27?,28-,29+,30+,32-,33-,34+,35+,36?/m0/s1. The summed E-state index contributed by atoms with van der Waals surface area (Å²) in [5.41, 5.74) is 0.0529. The molecule has 1 heterocycles. The molecule has 0 spiro atoms. The third-order valence-corrected chi connectivity index (χ3v) is 11.1. The first-order valence-electron chi connectivity index (χ1n) is 18.3. The van der Waals surface area contributed by atoms with Crippen molar-refractivity contribution in [2.45, 2.75) is 172 Å². The van der Waals surface area contributed by atoms with Crippen LogP contribution in [0.2, 0.25) is 0 Å². The predicted molar refractivity (Wildman–Crippen MR) is 173 cm³/mol. The smallest absolute Gasteiger partial charge is 0.220 e. The van der Waals surface area contributed by atoms with Gasteiger partial charge in [0.05, 0.1) is 25.4 Å². The van der Waals surface area contributed by atoms with Crippen LogP contribution in [0.4, 0.5) is 0 Å². The quantitative estimate of drug-likeness (QED) is 0.0796. The van der Waals surface area contributed by atoms with Crippen molar-refractivity contribution in [2.75, 3.05) is 13.2 Å². The van der Waals surface area contributed by atoms with Gasteiger partial charge in [-0.15, -0.1) is 0 Å². The van der Waals surface area contributed by atoms with E-state index in [0.717, 1.165) is 56.3 Å². The van der Waals surface area contributed by atoms with Gasteiger partial charge in [0.25, 0.3) is 0 Å². The number of aliphatic hydroxyl groups excluding tert-OH is 5. The molecule has 4 bridgehead atoms. The minimum Gasteiger partial charge on any atom is -0.394 e. The second-order valence-electron chi connectivity index (χ2n) is 15.0. The van der Waals surface area contributed by atoms with E-state index in [4.69, 9.17) is 9.47 Å². The molecule has 5 aliphatic rings. The maximum absolute atomic E-state index is 13.5. The minimum absolute atomic E-state index is 0.0529. The number of nitrogens with one attached hydrogen (secondary N) is 1. The number of carbonyl (C=O) groups is 1. The van der Waals surface area contributed by atoms with Gasteiger partial charge in [0.15, 0.2) is 6.29 Å². The van der Waals surface area contributed by atoms with Crippen LogP contribution in [0.5, 0.6) is 0 Å². The molecule has 45 heavy (non-hydrogen) atoms. The SMILES string of the molecule is CCCCCCCCCCCCCC=C[C@@H](O)[C@H](CO[C@@H]1O[C@H](CO)[C@H](O)[C@H](O)[C@H]1O)NC(=O)CC12CC3CC(CC(C3)C1)C2. The second-order valence-corrected chi connectivity index (χ2v) is 15.0. The molecule has 5 fully saturated rings. The first kappa shape index (κ1) is 36.8. The lowest BCUT2D eigenvalue weighted by molar-refractivity contribution is -0.302. The van der Waals surface area contributed by atoms with Gasteiger partial charge in [-0.25, -0.2) is 0 Å². The molecule has 4 saturated carbocycles. The fourth-order valence-corrected chi connectivity index (χ4v) is 9.03. The Morgan fingerprint density at radius 3 is 1.98 bits per heavy atom. The molecule has 5 rings (SSSR count). The van der Waals surface area contributed by atoms with E-state index in [1.54, 1.807) is 6.08 Å². The molecule has 260 valence electrons. The van der Waals surface area contributed by atoms with E-state index in [1.807, 2.05) is 6.08 Å². The van der Waals surface area contributed by atoms with Crippen molar-refractivity contribution in [3.05, 3.63) is 12.2 Å². The number of unbranched alkanes of at least 4 members (excludes halogenated alkanes) is 11. The number of rotatable bonds is 21. The van der Waals surface area contributed by atoms with E-state index in [1.165, 1.54) is 77.0 Å². The van der Waals surface area contributed by atoms with E-state index in [-0.39, 0.29) is 17.9 Å². The molecule has 0 aromatic rings. The zero-order valence-corrected chi connectivity index (χ0v) is 27.7. The third kappa shape index (κ3) is 11.0. The van der Waals surface area contributed by atoms with Crippen molar-refractivity contribution in [3.8, 4) is 0 Å². The Morgan fingerprint density at radius 2 is 1.42 bits per heavy atom. The number of carbonyl (C=O) groups excluding carboxylic acids is 1. The van der Waals surface area contributed by atoms with Crippen LogP contribution in [0, 0.1) is 23.2 Å². The van der Waals surface area contributed by atoms with Crippen molar-refractivity contribution in [2.24, 2.45) is 23.2 Å². The Bertz CT molecular complexity index is 861. The van der Waals surface area contributed by atoms with Crippen LogP contribution in [0.25, 0.3) is 0 Å². The van der Waals surface area contributed by atoms with E-state index in [2.05, 4.69) is 12.2 Å². The number of hydrogen-bond acceptors (Lipinski definition) is 8. The summed E-state index contributed by atoms with van der Waals surface area (Å²) in [7, 11) is 0. The monoisotopic (exact) mass is 637 g/mol. The van der Waals surface area contributed by atoms with Gasteiger partial charge in [0.1, 0.15) is 24.4 Å².